The fourth-order valence-electron chi connectivity index (χ4n) is 3.58. The Hall–Kier alpha value is -3.63. The van der Waals surface area contributed by atoms with Crippen molar-refractivity contribution in [2.24, 2.45) is 0 Å². The summed E-state index contributed by atoms with van der Waals surface area (Å²) in [6.45, 7) is 3.26. The van der Waals surface area contributed by atoms with Crippen molar-refractivity contribution in [1.82, 2.24) is 9.80 Å². The summed E-state index contributed by atoms with van der Waals surface area (Å²) in [5.41, 5.74) is 1.74. The van der Waals surface area contributed by atoms with Gasteiger partial charge in [0.1, 0.15) is 6.54 Å². The minimum absolute atomic E-state index is 0.116. The van der Waals surface area contributed by atoms with Gasteiger partial charge in [-0.2, -0.15) is 0 Å². The molecule has 2 aromatic carbocycles. The summed E-state index contributed by atoms with van der Waals surface area (Å²) >= 11 is 0.726. The molecule has 0 atom stereocenters. The van der Waals surface area contributed by atoms with Crippen LogP contribution in [0.4, 0.5) is 4.79 Å². The van der Waals surface area contributed by atoms with Crippen LogP contribution in [0.5, 0.6) is 11.5 Å². The number of imide groups is 1. The van der Waals surface area contributed by atoms with Crippen molar-refractivity contribution in [1.29, 1.82) is 0 Å². The zero-order valence-electron chi connectivity index (χ0n) is 19.3. The average molecular weight is 497 g/mol. The van der Waals surface area contributed by atoms with Crippen molar-refractivity contribution in [2.45, 2.75) is 6.92 Å². The molecule has 0 radical (unpaired) electrons. The van der Waals surface area contributed by atoms with Gasteiger partial charge in [-0.05, 0) is 43.0 Å². The molecule has 0 spiro atoms. The van der Waals surface area contributed by atoms with Crippen LogP contribution in [0.15, 0.2) is 47.4 Å². The van der Waals surface area contributed by atoms with E-state index in [-0.39, 0.29) is 23.1 Å². The first-order chi connectivity index (χ1) is 16.9. The highest BCUT2D eigenvalue weighted by atomic mass is 32.2. The topological polar surface area (TPSA) is 102 Å². The standard InChI is InChI=1S/C25H24N2O7S/c1-16-6-8-17(9-7-16)24(30)34-22-18(4-3-5-19(22)32-2)14-20-23(29)27(25(31)35-20)15-21(28)26-10-12-33-13-11-26/h3-9,14H,10-13,15H2,1-2H3/b20-14-. The van der Waals surface area contributed by atoms with Gasteiger partial charge in [-0.3, -0.25) is 19.3 Å². The first kappa shape index (κ1) is 24.5. The first-order valence-corrected chi connectivity index (χ1v) is 11.8. The molecule has 2 aliphatic rings. The molecular weight excluding hydrogens is 472 g/mol. The molecule has 35 heavy (non-hydrogen) atoms. The van der Waals surface area contributed by atoms with Crippen LogP contribution in [-0.4, -0.2) is 72.8 Å². The summed E-state index contributed by atoms with van der Waals surface area (Å²) in [6.07, 6.45) is 1.46. The highest BCUT2D eigenvalue weighted by Crippen LogP contribution is 2.37. The highest BCUT2D eigenvalue weighted by molar-refractivity contribution is 8.18. The number of ether oxygens (including phenoxy) is 3. The van der Waals surface area contributed by atoms with Gasteiger partial charge in [-0.25, -0.2) is 4.79 Å². The average Bonchev–Trinajstić information content (AvgIpc) is 3.13. The van der Waals surface area contributed by atoms with Crippen molar-refractivity contribution < 1.29 is 33.4 Å². The fourth-order valence-corrected chi connectivity index (χ4v) is 4.41. The second-order valence-electron chi connectivity index (χ2n) is 7.90. The van der Waals surface area contributed by atoms with Crippen LogP contribution in [-0.2, 0) is 14.3 Å². The Kier molecular flexibility index (Phi) is 7.52. The molecule has 182 valence electrons. The number of rotatable bonds is 6. The Bertz CT molecular complexity index is 1190. The third-order valence-corrected chi connectivity index (χ3v) is 6.44. The van der Waals surface area contributed by atoms with Crippen LogP contribution >= 0.6 is 11.8 Å². The molecule has 0 aromatic heterocycles. The zero-order chi connectivity index (χ0) is 24.9. The molecule has 0 unspecified atom stereocenters. The van der Waals surface area contributed by atoms with Gasteiger partial charge in [0.2, 0.25) is 5.91 Å². The molecule has 2 aromatic rings. The van der Waals surface area contributed by atoms with E-state index in [0.29, 0.717) is 43.2 Å². The number of morpholine rings is 1. The van der Waals surface area contributed by atoms with E-state index in [1.54, 1.807) is 47.4 Å². The minimum atomic E-state index is -0.589. The summed E-state index contributed by atoms with van der Waals surface area (Å²) in [7, 11) is 1.44. The lowest BCUT2D eigenvalue weighted by Crippen LogP contribution is -2.46. The van der Waals surface area contributed by atoms with Crippen molar-refractivity contribution >= 4 is 40.9 Å². The maximum absolute atomic E-state index is 13.0. The molecule has 0 aliphatic carbocycles. The van der Waals surface area contributed by atoms with Crippen LogP contribution in [0.25, 0.3) is 6.08 Å². The number of carbonyl (C=O) groups is 4. The van der Waals surface area contributed by atoms with Crippen molar-refractivity contribution in [3.8, 4) is 11.5 Å². The van der Waals surface area contributed by atoms with Crippen molar-refractivity contribution in [2.75, 3.05) is 40.0 Å². The van der Waals surface area contributed by atoms with Crippen LogP contribution < -0.4 is 9.47 Å². The number of hydrogen-bond acceptors (Lipinski definition) is 8. The quantitative estimate of drug-likeness (QED) is 0.342. The Morgan fingerprint density at radius 3 is 2.49 bits per heavy atom. The summed E-state index contributed by atoms with van der Waals surface area (Å²) in [4.78, 5) is 53.4. The summed E-state index contributed by atoms with van der Waals surface area (Å²) in [5.74, 6) is -1.07. The lowest BCUT2D eigenvalue weighted by atomic mass is 10.1. The number of para-hydroxylation sites is 1. The van der Waals surface area contributed by atoms with E-state index < -0.39 is 17.1 Å². The first-order valence-electron chi connectivity index (χ1n) is 10.9. The molecule has 2 aliphatic heterocycles. The van der Waals surface area contributed by atoms with E-state index in [1.165, 1.54) is 13.2 Å². The van der Waals surface area contributed by atoms with Gasteiger partial charge in [-0.15, -0.1) is 0 Å². The summed E-state index contributed by atoms with van der Waals surface area (Å²) in [6, 6.07) is 11.9. The third-order valence-electron chi connectivity index (χ3n) is 5.53. The minimum Gasteiger partial charge on any atom is -0.493 e. The van der Waals surface area contributed by atoms with Crippen molar-refractivity contribution in [3.63, 3.8) is 0 Å². The smallest absolute Gasteiger partial charge is 0.343 e. The molecule has 9 nitrogen and oxygen atoms in total. The van der Waals surface area contributed by atoms with E-state index >= 15 is 0 Å². The van der Waals surface area contributed by atoms with Gasteiger partial charge < -0.3 is 19.1 Å². The van der Waals surface area contributed by atoms with E-state index in [0.717, 1.165) is 22.2 Å². The molecule has 0 bridgehead atoms. The van der Waals surface area contributed by atoms with Crippen LogP contribution in [0, 0.1) is 6.92 Å². The van der Waals surface area contributed by atoms with Gasteiger partial charge in [0.05, 0.1) is 30.8 Å². The number of benzene rings is 2. The summed E-state index contributed by atoms with van der Waals surface area (Å²) < 4.78 is 16.2. The molecule has 0 saturated carbocycles. The number of hydrogen-bond donors (Lipinski definition) is 0. The number of esters is 1. The van der Waals surface area contributed by atoms with Gasteiger partial charge in [-0.1, -0.05) is 29.8 Å². The molecule has 2 heterocycles. The van der Waals surface area contributed by atoms with Crippen molar-refractivity contribution in [3.05, 3.63) is 64.1 Å². The molecule has 3 amide bonds. The lowest BCUT2D eigenvalue weighted by molar-refractivity contribution is -0.139. The summed E-state index contributed by atoms with van der Waals surface area (Å²) in [5, 5.41) is -0.538. The van der Waals surface area contributed by atoms with E-state index in [4.69, 9.17) is 14.2 Å². The number of nitrogens with zero attached hydrogens (tertiary/aromatic N) is 2. The Balaban J connectivity index is 1.56. The zero-order valence-corrected chi connectivity index (χ0v) is 20.1. The van der Waals surface area contributed by atoms with Gasteiger partial charge in [0.25, 0.3) is 11.1 Å². The predicted octanol–water partition coefficient (Wildman–Crippen LogP) is 3.12. The highest BCUT2D eigenvalue weighted by Gasteiger charge is 2.37. The predicted molar refractivity (Wildman–Crippen MR) is 129 cm³/mol. The maximum atomic E-state index is 13.0. The SMILES string of the molecule is COc1cccc(/C=C2\SC(=O)N(CC(=O)N3CCOCC3)C2=O)c1OC(=O)c1ccc(C)cc1. The molecule has 0 N–H and O–H groups in total. The lowest BCUT2D eigenvalue weighted by Gasteiger charge is -2.28. The van der Waals surface area contributed by atoms with Crippen LogP contribution in [0.3, 0.4) is 0 Å². The van der Waals surface area contributed by atoms with E-state index in [9.17, 15) is 19.2 Å². The maximum Gasteiger partial charge on any atom is 0.343 e. The third kappa shape index (κ3) is 5.55. The Labute approximate surface area is 206 Å². The normalized spacial score (nSPS) is 17.1. The molecule has 10 heteroatoms. The fraction of sp³-hybridized carbons (Fsp3) is 0.280. The van der Waals surface area contributed by atoms with Gasteiger partial charge in [0, 0.05) is 18.7 Å². The second kappa shape index (κ2) is 10.7. The number of methoxy groups -OCH3 is 1. The number of carbonyl (C=O) groups excluding carboxylic acids is 4. The molecule has 2 fully saturated rings. The molecule has 4 rings (SSSR count). The Morgan fingerprint density at radius 1 is 1.09 bits per heavy atom. The van der Waals surface area contributed by atoms with E-state index in [1.807, 2.05) is 6.92 Å². The monoisotopic (exact) mass is 496 g/mol. The molecular formula is C25H24N2O7S. The Morgan fingerprint density at radius 2 is 1.80 bits per heavy atom. The van der Waals surface area contributed by atoms with Crippen LogP contribution in [0.1, 0.15) is 21.5 Å². The van der Waals surface area contributed by atoms with Gasteiger partial charge >= 0.3 is 5.97 Å². The number of amides is 3. The largest absolute Gasteiger partial charge is 0.493 e. The number of aryl methyl sites for hydroxylation is 1. The molecule has 2 saturated heterocycles. The van der Waals surface area contributed by atoms with E-state index in [2.05, 4.69) is 0 Å². The van der Waals surface area contributed by atoms with Crippen LogP contribution in [0.2, 0.25) is 0 Å². The van der Waals surface area contributed by atoms with Gasteiger partial charge in [0.15, 0.2) is 11.5 Å². The number of thioether (sulfide) groups is 1. The second-order valence-corrected chi connectivity index (χ2v) is 8.89.